The van der Waals surface area contributed by atoms with Crippen LogP contribution in [0.4, 0.5) is 0 Å². The highest BCUT2D eigenvalue weighted by Gasteiger charge is 2.25. The molecule has 1 aromatic carbocycles. The van der Waals surface area contributed by atoms with Crippen molar-refractivity contribution in [1.82, 2.24) is 5.32 Å². The van der Waals surface area contributed by atoms with Gasteiger partial charge in [-0.1, -0.05) is 15.9 Å². The average Bonchev–Trinajstić information content (AvgIpc) is 2.94. The number of halogens is 1. The predicted molar refractivity (Wildman–Crippen MR) is 73.8 cm³/mol. The first-order chi connectivity index (χ1) is 8.74. The molecule has 4 heteroatoms. The van der Waals surface area contributed by atoms with Gasteiger partial charge in [0.15, 0.2) is 0 Å². The summed E-state index contributed by atoms with van der Waals surface area (Å²) in [5, 5.41) is 13.3. The maximum atomic E-state index is 9.81. The van der Waals surface area contributed by atoms with Crippen molar-refractivity contribution in [2.24, 2.45) is 0 Å². The molecule has 1 saturated carbocycles. The molecular formula is C14H18BrNO2. The monoisotopic (exact) mass is 311 g/mol. The van der Waals surface area contributed by atoms with Crippen molar-refractivity contribution in [3.05, 3.63) is 27.7 Å². The molecule has 2 atom stereocenters. The van der Waals surface area contributed by atoms with E-state index in [0.29, 0.717) is 0 Å². The number of hydrogen-bond donors (Lipinski definition) is 2. The molecular weight excluding hydrogens is 294 g/mol. The second-order valence-electron chi connectivity index (χ2n) is 5.14. The fourth-order valence-electron chi connectivity index (χ4n) is 2.90. The van der Waals surface area contributed by atoms with Gasteiger partial charge in [0.05, 0.1) is 12.7 Å². The Kier molecular flexibility index (Phi) is 3.59. The zero-order valence-corrected chi connectivity index (χ0v) is 11.9. The third-order valence-corrected chi connectivity index (χ3v) is 4.32. The molecule has 1 heterocycles. The Labute approximate surface area is 116 Å². The third-order valence-electron chi connectivity index (χ3n) is 3.86. The number of hydrogen-bond acceptors (Lipinski definition) is 3. The van der Waals surface area contributed by atoms with E-state index >= 15 is 0 Å². The quantitative estimate of drug-likeness (QED) is 0.900. The van der Waals surface area contributed by atoms with Crippen LogP contribution in [0.5, 0.6) is 5.75 Å². The van der Waals surface area contributed by atoms with Gasteiger partial charge in [0, 0.05) is 29.0 Å². The van der Waals surface area contributed by atoms with Gasteiger partial charge in [0.25, 0.3) is 0 Å². The van der Waals surface area contributed by atoms with Gasteiger partial charge < -0.3 is 15.2 Å². The van der Waals surface area contributed by atoms with Gasteiger partial charge in [-0.25, -0.2) is 0 Å². The number of nitrogens with one attached hydrogen (secondary N) is 1. The molecule has 2 aliphatic rings. The van der Waals surface area contributed by atoms with E-state index in [-0.39, 0.29) is 12.1 Å². The lowest BCUT2D eigenvalue weighted by Crippen LogP contribution is -2.35. The molecule has 0 radical (unpaired) electrons. The summed E-state index contributed by atoms with van der Waals surface area (Å²) in [6, 6.07) is 4.48. The number of ether oxygens (including phenoxy) is 1. The van der Waals surface area contributed by atoms with Crippen LogP contribution in [0.3, 0.4) is 0 Å². The number of aliphatic hydroxyl groups is 1. The molecule has 1 fully saturated rings. The molecule has 1 aliphatic carbocycles. The van der Waals surface area contributed by atoms with Crippen LogP contribution < -0.4 is 10.1 Å². The molecule has 1 aliphatic heterocycles. The van der Waals surface area contributed by atoms with Crippen LogP contribution in [0, 0.1) is 0 Å². The lowest BCUT2D eigenvalue weighted by molar-refractivity contribution is 0.148. The number of rotatable bonds is 3. The van der Waals surface area contributed by atoms with Gasteiger partial charge >= 0.3 is 0 Å². The Morgan fingerprint density at radius 1 is 1.39 bits per heavy atom. The lowest BCUT2D eigenvalue weighted by atomic mass is 10.1. The van der Waals surface area contributed by atoms with Gasteiger partial charge in [0.2, 0.25) is 0 Å². The lowest BCUT2D eigenvalue weighted by Gasteiger charge is -2.17. The highest BCUT2D eigenvalue weighted by Crippen LogP contribution is 2.33. The third kappa shape index (κ3) is 2.42. The summed E-state index contributed by atoms with van der Waals surface area (Å²) >= 11 is 3.55. The van der Waals surface area contributed by atoms with Gasteiger partial charge in [-0.2, -0.15) is 0 Å². The van der Waals surface area contributed by atoms with Gasteiger partial charge in [-0.3, -0.25) is 0 Å². The van der Waals surface area contributed by atoms with E-state index < -0.39 is 0 Å². The van der Waals surface area contributed by atoms with Crippen LogP contribution in [0.15, 0.2) is 16.6 Å². The Balaban J connectivity index is 1.73. The number of benzene rings is 1. The van der Waals surface area contributed by atoms with Crippen molar-refractivity contribution in [2.75, 3.05) is 6.61 Å². The Morgan fingerprint density at radius 3 is 3.06 bits per heavy atom. The van der Waals surface area contributed by atoms with Crippen LogP contribution in [-0.4, -0.2) is 23.9 Å². The fraction of sp³-hybridized carbons (Fsp3) is 0.571. The molecule has 18 heavy (non-hydrogen) atoms. The van der Waals surface area contributed by atoms with E-state index in [1.54, 1.807) is 0 Å². The molecule has 0 amide bonds. The molecule has 0 spiro atoms. The maximum Gasteiger partial charge on any atom is 0.127 e. The molecule has 2 N–H and O–H groups in total. The minimum absolute atomic E-state index is 0.189. The predicted octanol–water partition coefficient (Wildman–Crippen LogP) is 2.39. The molecule has 0 saturated heterocycles. The second kappa shape index (κ2) is 5.19. The topological polar surface area (TPSA) is 41.5 Å². The molecule has 98 valence electrons. The number of aliphatic hydroxyl groups excluding tert-OH is 1. The highest BCUT2D eigenvalue weighted by molar-refractivity contribution is 9.10. The van der Waals surface area contributed by atoms with E-state index in [2.05, 4.69) is 33.4 Å². The zero-order chi connectivity index (χ0) is 12.5. The Morgan fingerprint density at radius 2 is 2.28 bits per heavy atom. The molecule has 0 aromatic heterocycles. The van der Waals surface area contributed by atoms with E-state index in [1.807, 2.05) is 0 Å². The van der Waals surface area contributed by atoms with Crippen LogP contribution in [-0.2, 0) is 13.0 Å². The van der Waals surface area contributed by atoms with Crippen molar-refractivity contribution in [1.29, 1.82) is 0 Å². The normalized spacial score (nSPS) is 26.1. The van der Waals surface area contributed by atoms with Crippen LogP contribution in [0.2, 0.25) is 0 Å². The summed E-state index contributed by atoms with van der Waals surface area (Å²) in [6.07, 6.45) is 3.91. The summed E-state index contributed by atoms with van der Waals surface area (Å²) in [6.45, 7) is 1.55. The summed E-state index contributed by atoms with van der Waals surface area (Å²) in [4.78, 5) is 0. The standard InChI is InChI=1S/C14H18BrNO2/c15-11-6-9-4-5-18-14(9)10(7-11)8-16-12-2-1-3-13(12)17/h6-7,12-13,16-17H,1-5,8H2. The van der Waals surface area contributed by atoms with E-state index in [0.717, 1.165) is 49.1 Å². The summed E-state index contributed by atoms with van der Waals surface area (Å²) in [5.74, 6) is 1.04. The summed E-state index contributed by atoms with van der Waals surface area (Å²) < 4.78 is 6.81. The minimum atomic E-state index is -0.189. The SMILES string of the molecule is OC1CCCC1NCc1cc(Br)cc2c1OCC2. The molecule has 0 bridgehead atoms. The fourth-order valence-corrected chi connectivity index (χ4v) is 3.45. The zero-order valence-electron chi connectivity index (χ0n) is 10.3. The van der Waals surface area contributed by atoms with Crippen molar-refractivity contribution in [3.63, 3.8) is 0 Å². The van der Waals surface area contributed by atoms with Crippen LogP contribution in [0.1, 0.15) is 30.4 Å². The van der Waals surface area contributed by atoms with Crippen molar-refractivity contribution >= 4 is 15.9 Å². The maximum absolute atomic E-state index is 9.81. The first kappa shape index (κ1) is 12.5. The van der Waals surface area contributed by atoms with E-state index in [1.165, 1.54) is 11.1 Å². The van der Waals surface area contributed by atoms with Crippen LogP contribution in [0.25, 0.3) is 0 Å². The molecule has 3 nitrogen and oxygen atoms in total. The number of fused-ring (bicyclic) bond motifs is 1. The van der Waals surface area contributed by atoms with Gasteiger partial charge in [0.1, 0.15) is 5.75 Å². The highest BCUT2D eigenvalue weighted by atomic mass is 79.9. The average molecular weight is 312 g/mol. The van der Waals surface area contributed by atoms with E-state index in [4.69, 9.17) is 4.74 Å². The minimum Gasteiger partial charge on any atom is -0.493 e. The summed E-state index contributed by atoms with van der Waals surface area (Å²) in [5.41, 5.74) is 2.48. The molecule has 3 rings (SSSR count). The second-order valence-corrected chi connectivity index (χ2v) is 6.05. The van der Waals surface area contributed by atoms with Crippen molar-refractivity contribution < 1.29 is 9.84 Å². The molecule has 2 unspecified atom stereocenters. The van der Waals surface area contributed by atoms with Crippen molar-refractivity contribution in [3.8, 4) is 5.75 Å². The smallest absolute Gasteiger partial charge is 0.127 e. The van der Waals surface area contributed by atoms with E-state index in [9.17, 15) is 5.11 Å². The van der Waals surface area contributed by atoms with Gasteiger partial charge in [-0.05, 0) is 37.0 Å². The van der Waals surface area contributed by atoms with Crippen LogP contribution >= 0.6 is 15.9 Å². The first-order valence-electron chi connectivity index (χ1n) is 6.59. The first-order valence-corrected chi connectivity index (χ1v) is 7.39. The van der Waals surface area contributed by atoms with Gasteiger partial charge in [-0.15, -0.1) is 0 Å². The summed E-state index contributed by atoms with van der Waals surface area (Å²) in [7, 11) is 0. The molecule has 1 aromatic rings. The van der Waals surface area contributed by atoms with Crippen molar-refractivity contribution in [2.45, 2.75) is 44.4 Å². The largest absolute Gasteiger partial charge is 0.493 e. The Bertz CT molecular complexity index is 450. The Hall–Kier alpha value is -0.580.